The molecular formula is C15H20ClN3O2S. The van der Waals surface area contributed by atoms with Crippen molar-refractivity contribution in [1.29, 1.82) is 0 Å². The zero-order valence-corrected chi connectivity index (χ0v) is 14.2. The van der Waals surface area contributed by atoms with E-state index >= 15 is 0 Å². The average Bonchev–Trinajstić information content (AvgIpc) is 2.89. The van der Waals surface area contributed by atoms with Crippen LogP contribution in [0.15, 0.2) is 29.6 Å². The Bertz CT molecular complexity index is 616. The molecule has 5 nitrogen and oxygen atoms in total. The van der Waals surface area contributed by atoms with Crippen LogP contribution in [0, 0.1) is 0 Å². The van der Waals surface area contributed by atoms with Gasteiger partial charge in [0.25, 0.3) is 5.91 Å². The van der Waals surface area contributed by atoms with Crippen molar-refractivity contribution in [2.75, 3.05) is 11.9 Å². The van der Waals surface area contributed by atoms with Crippen LogP contribution in [0.5, 0.6) is 5.75 Å². The molecule has 22 heavy (non-hydrogen) atoms. The molecule has 0 saturated heterocycles. The van der Waals surface area contributed by atoms with Gasteiger partial charge in [-0.1, -0.05) is 12.1 Å². The number of nitrogens with zero attached hydrogens (tertiary/aromatic N) is 1. The van der Waals surface area contributed by atoms with Crippen molar-refractivity contribution in [2.24, 2.45) is 5.73 Å². The summed E-state index contributed by atoms with van der Waals surface area (Å²) in [6, 6.07) is 7.36. The van der Waals surface area contributed by atoms with Crippen LogP contribution in [0.2, 0.25) is 0 Å². The third-order valence-electron chi connectivity index (χ3n) is 2.64. The van der Waals surface area contributed by atoms with Gasteiger partial charge in [0.15, 0.2) is 0 Å². The Morgan fingerprint density at radius 3 is 2.82 bits per heavy atom. The second-order valence-electron chi connectivity index (χ2n) is 4.78. The summed E-state index contributed by atoms with van der Waals surface area (Å²) in [4.78, 5) is 16.5. The van der Waals surface area contributed by atoms with Gasteiger partial charge in [-0.05, 0) is 32.5 Å². The standard InChI is InChI=1S/C15H19N3O2S.ClH/c1-10(2)20-13-6-4-3-5-11(13)18-15(19)12-9-21-14(17-12)7-8-16;/h3-6,9-10H,7-8,16H2,1-2H3,(H,18,19);1H. The zero-order valence-electron chi connectivity index (χ0n) is 12.5. The number of rotatable bonds is 6. The van der Waals surface area contributed by atoms with Gasteiger partial charge in [-0.15, -0.1) is 23.7 Å². The SMILES string of the molecule is CC(C)Oc1ccccc1NC(=O)c1csc(CCN)n1.Cl. The molecule has 1 aromatic heterocycles. The maximum Gasteiger partial charge on any atom is 0.275 e. The molecule has 0 radical (unpaired) electrons. The minimum absolute atomic E-state index is 0. The van der Waals surface area contributed by atoms with E-state index < -0.39 is 0 Å². The number of thiazole rings is 1. The lowest BCUT2D eigenvalue weighted by Gasteiger charge is -2.14. The maximum absolute atomic E-state index is 12.2. The molecule has 7 heteroatoms. The Morgan fingerprint density at radius 1 is 1.41 bits per heavy atom. The van der Waals surface area contributed by atoms with Crippen molar-refractivity contribution < 1.29 is 9.53 Å². The lowest BCUT2D eigenvalue weighted by molar-refractivity contribution is 0.102. The summed E-state index contributed by atoms with van der Waals surface area (Å²) in [5, 5.41) is 5.45. The molecule has 1 amide bonds. The highest BCUT2D eigenvalue weighted by Gasteiger charge is 2.13. The van der Waals surface area contributed by atoms with Gasteiger partial charge in [0.2, 0.25) is 0 Å². The highest BCUT2D eigenvalue weighted by Crippen LogP contribution is 2.25. The summed E-state index contributed by atoms with van der Waals surface area (Å²) in [6.07, 6.45) is 0.726. The number of nitrogens with two attached hydrogens (primary N) is 1. The number of ether oxygens (including phenoxy) is 1. The summed E-state index contributed by atoms with van der Waals surface area (Å²) in [5.41, 5.74) is 6.53. The van der Waals surface area contributed by atoms with Crippen molar-refractivity contribution >= 4 is 35.3 Å². The number of anilines is 1. The molecule has 0 aliphatic rings. The van der Waals surface area contributed by atoms with Crippen molar-refractivity contribution in [3.63, 3.8) is 0 Å². The first-order chi connectivity index (χ1) is 10.1. The quantitative estimate of drug-likeness (QED) is 0.846. The van der Waals surface area contributed by atoms with Gasteiger partial charge in [0.05, 0.1) is 16.8 Å². The van der Waals surface area contributed by atoms with E-state index in [1.165, 1.54) is 11.3 Å². The van der Waals surface area contributed by atoms with Crippen LogP contribution in [-0.2, 0) is 6.42 Å². The Balaban J connectivity index is 0.00000242. The normalized spacial score (nSPS) is 10.2. The monoisotopic (exact) mass is 341 g/mol. The molecule has 3 N–H and O–H groups in total. The third kappa shape index (κ3) is 4.98. The van der Waals surface area contributed by atoms with Crippen LogP contribution in [-0.4, -0.2) is 23.5 Å². The van der Waals surface area contributed by atoms with Gasteiger partial charge in [0, 0.05) is 11.8 Å². The Kier molecular flexibility index (Phi) is 7.31. The first-order valence-electron chi connectivity index (χ1n) is 6.81. The Labute approximate surface area is 140 Å². The van der Waals surface area contributed by atoms with Crippen LogP contribution in [0.4, 0.5) is 5.69 Å². The second-order valence-corrected chi connectivity index (χ2v) is 5.72. The number of benzene rings is 1. The van der Waals surface area contributed by atoms with Crippen LogP contribution in [0.25, 0.3) is 0 Å². The van der Waals surface area contributed by atoms with E-state index in [1.807, 2.05) is 38.1 Å². The fourth-order valence-corrected chi connectivity index (χ4v) is 2.56. The zero-order chi connectivity index (χ0) is 15.2. The van der Waals surface area contributed by atoms with Crippen LogP contribution in [0.3, 0.4) is 0 Å². The van der Waals surface area contributed by atoms with Gasteiger partial charge >= 0.3 is 0 Å². The third-order valence-corrected chi connectivity index (χ3v) is 3.55. The number of hydrogen-bond acceptors (Lipinski definition) is 5. The van der Waals surface area contributed by atoms with E-state index in [1.54, 1.807) is 5.38 Å². The predicted molar refractivity (Wildman–Crippen MR) is 92.3 cm³/mol. The van der Waals surface area contributed by atoms with Crippen LogP contribution in [0.1, 0.15) is 29.3 Å². The Morgan fingerprint density at radius 2 is 2.14 bits per heavy atom. The topological polar surface area (TPSA) is 77.2 Å². The average molecular weight is 342 g/mol. The number of hydrogen-bond donors (Lipinski definition) is 2. The minimum atomic E-state index is -0.241. The van der Waals surface area contributed by atoms with E-state index in [0.717, 1.165) is 5.01 Å². The predicted octanol–water partition coefficient (Wildman–Crippen LogP) is 3.11. The van der Waals surface area contributed by atoms with Gasteiger partial charge < -0.3 is 15.8 Å². The summed E-state index contributed by atoms with van der Waals surface area (Å²) in [5.74, 6) is 0.410. The highest BCUT2D eigenvalue weighted by molar-refractivity contribution is 7.09. The number of halogens is 1. The smallest absolute Gasteiger partial charge is 0.275 e. The molecule has 0 bridgehead atoms. The molecule has 2 rings (SSSR count). The first kappa shape index (κ1) is 18.4. The molecule has 0 aliphatic heterocycles. The van der Waals surface area contributed by atoms with Gasteiger partial charge in [-0.3, -0.25) is 4.79 Å². The van der Waals surface area contributed by atoms with Crippen molar-refractivity contribution in [1.82, 2.24) is 4.98 Å². The number of amides is 1. The number of nitrogens with one attached hydrogen (secondary N) is 1. The molecular weight excluding hydrogens is 322 g/mol. The van der Waals surface area contributed by atoms with Crippen LogP contribution >= 0.6 is 23.7 Å². The van der Waals surface area contributed by atoms with Gasteiger partial charge in [-0.2, -0.15) is 0 Å². The molecule has 0 atom stereocenters. The summed E-state index contributed by atoms with van der Waals surface area (Å²) >= 11 is 1.44. The first-order valence-corrected chi connectivity index (χ1v) is 7.69. The van der Waals surface area contributed by atoms with E-state index in [0.29, 0.717) is 30.1 Å². The summed E-state index contributed by atoms with van der Waals surface area (Å²) in [6.45, 7) is 4.41. The largest absolute Gasteiger partial charge is 0.489 e. The van der Waals surface area contributed by atoms with E-state index in [2.05, 4.69) is 10.3 Å². The van der Waals surface area contributed by atoms with Gasteiger partial charge in [0.1, 0.15) is 11.4 Å². The molecule has 0 unspecified atom stereocenters. The van der Waals surface area contributed by atoms with E-state index in [-0.39, 0.29) is 24.4 Å². The lowest BCUT2D eigenvalue weighted by Crippen LogP contribution is -2.15. The maximum atomic E-state index is 12.2. The lowest BCUT2D eigenvalue weighted by atomic mass is 10.2. The van der Waals surface area contributed by atoms with Gasteiger partial charge in [-0.25, -0.2) is 4.98 Å². The number of carbonyl (C=O) groups is 1. The summed E-state index contributed by atoms with van der Waals surface area (Å²) < 4.78 is 5.68. The fourth-order valence-electron chi connectivity index (χ4n) is 1.77. The Hall–Kier alpha value is -1.63. The van der Waals surface area contributed by atoms with E-state index in [4.69, 9.17) is 10.5 Å². The molecule has 0 saturated carbocycles. The molecule has 0 fully saturated rings. The minimum Gasteiger partial charge on any atom is -0.489 e. The second kappa shape index (κ2) is 8.73. The highest BCUT2D eigenvalue weighted by atomic mass is 35.5. The molecule has 0 aliphatic carbocycles. The van der Waals surface area contributed by atoms with Crippen LogP contribution < -0.4 is 15.8 Å². The number of aromatic nitrogens is 1. The fraction of sp³-hybridized carbons (Fsp3) is 0.333. The number of para-hydroxylation sites is 2. The van der Waals surface area contributed by atoms with Crippen molar-refractivity contribution in [3.8, 4) is 5.75 Å². The molecule has 2 aromatic rings. The molecule has 120 valence electrons. The molecule has 1 aromatic carbocycles. The van der Waals surface area contributed by atoms with Crippen molar-refractivity contribution in [2.45, 2.75) is 26.4 Å². The number of carbonyl (C=O) groups excluding carboxylic acids is 1. The van der Waals surface area contributed by atoms with E-state index in [9.17, 15) is 4.79 Å². The molecule has 1 heterocycles. The molecule has 0 spiro atoms. The summed E-state index contributed by atoms with van der Waals surface area (Å²) in [7, 11) is 0. The van der Waals surface area contributed by atoms with Crippen molar-refractivity contribution in [3.05, 3.63) is 40.3 Å².